The highest BCUT2D eigenvalue weighted by Gasteiger charge is 2.27. The zero-order valence-corrected chi connectivity index (χ0v) is 13.1. The Morgan fingerprint density at radius 3 is 2.79 bits per heavy atom. The molecule has 0 aliphatic carbocycles. The van der Waals surface area contributed by atoms with Gasteiger partial charge in [-0.3, -0.25) is 9.59 Å². The minimum Gasteiger partial charge on any atom is -0.477 e. The number of piperidine rings is 1. The summed E-state index contributed by atoms with van der Waals surface area (Å²) >= 11 is 0. The van der Waals surface area contributed by atoms with Gasteiger partial charge in [0.2, 0.25) is 0 Å². The minimum absolute atomic E-state index is 0.201. The molecule has 126 valence electrons. The van der Waals surface area contributed by atoms with Crippen LogP contribution in [0.2, 0.25) is 0 Å². The number of hydrogen-bond acceptors (Lipinski definition) is 7. The highest BCUT2D eigenvalue weighted by atomic mass is 16.5. The maximum atomic E-state index is 12.5. The number of hydrogen-bond donors (Lipinski definition) is 1. The molecule has 0 aromatic carbocycles. The van der Waals surface area contributed by atoms with Crippen LogP contribution < -0.4 is 15.0 Å². The summed E-state index contributed by atoms with van der Waals surface area (Å²) in [6.07, 6.45) is 4.42. The lowest BCUT2D eigenvalue weighted by Gasteiger charge is -2.32. The molecule has 1 fully saturated rings. The molecule has 0 bridgehead atoms. The van der Waals surface area contributed by atoms with E-state index in [1.807, 2.05) is 0 Å². The van der Waals surface area contributed by atoms with Crippen molar-refractivity contribution in [1.82, 2.24) is 25.1 Å². The van der Waals surface area contributed by atoms with Crippen LogP contribution in [0.1, 0.15) is 23.3 Å². The molecule has 1 unspecified atom stereocenters. The van der Waals surface area contributed by atoms with Gasteiger partial charge in [-0.05, 0) is 18.9 Å². The predicted octanol–water partition coefficient (Wildman–Crippen LogP) is 0.252. The molecular formula is C15H17N5O4. The van der Waals surface area contributed by atoms with E-state index in [2.05, 4.69) is 20.2 Å². The lowest BCUT2D eigenvalue weighted by atomic mass is 10.1. The average Bonchev–Trinajstić information content (AvgIpc) is 2.62. The number of nitrogens with one attached hydrogen (secondary N) is 1. The second-order valence-corrected chi connectivity index (χ2v) is 5.31. The molecule has 1 aliphatic rings. The van der Waals surface area contributed by atoms with Crippen molar-refractivity contribution >= 4 is 5.91 Å². The van der Waals surface area contributed by atoms with Crippen molar-refractivity contribution in [2.24, 2.45) is 0 Å². The standard InChI is InChI=1S/C15H17N5O4/c1-23-13-14(17-7-6-16-13)24-10-3-2-8-20(9-10)15(22)11-4-5-12(21)19-18-11/h4-7,10H,2-3,8-9H2,1H3,(H,19,21). The fourth-order valence-corrected chi connectivity index (χ4v) is 2.54. The Bertz CT molecular complexity index is 758. The molecule has 1 atom stereocenters. The number of nitrogens with zero attached hydrogens (tertiary/aromatic N) is 4. The molecule has 1 N–H and O–H groups in total. The molecule has 1 aliphatic heterocycles. The van der Waals surface area contributed by atoms with E-state index in [4.69, 9.17) is 9.47 Å². The van der Waals surface area contributed by atoms with Crippen LogP contribution in [0.15, 0.2) is 29.3 Å². The van der Waals surface area contributed by atoms with Crippen molar-refractivity contribution in [2.75, 3.05) is 20.2 Å². The highest BCUT2D eigenvalue weighted by molar-refractivity contribution is 5.92. The molecule has 0 saturated carbocycles. The van der Waals surface area contributed by atoms with Gasteiger partial charge < -0.3 is 14.4 Å². The van der Waals surface area contributed by atoms with Gasteiger partial charge in [0.1, 0.15) is 11.8 Å². The van der Waals surface area contributed by atoms with Crippen LogP contribution in [0.4, 0.5) is 0 Å². The van der Waals surface area contributed by atoms with E-state index < -0.39 is 0 Å². The Hall–Kier alpha value is -2.97. The summed E-state index contributed by atoms with van der Waals surface area (Å²) in [5.41, 5.74) is -0.145. The third-order valence-electron chi connectivity index (χ3n) is 3.67. The molecule has 0 radical (unpaired) electrons. The van der Waals surface area contributed by atoms with Crippen LogP contribution in [0.5, 0.6) is 11.8 Å². The number of ether oxygens (including phenoxy) is 2. The first-order valence-electron chi connectivity index (χ1n) is 7.54. The molecule has 3 rings (SSSR count). The number of carbonyl (C=O) groups is 1. The van der Waals surface area contributed by atoms with Crippen LogP contribution in [0, 0.1) is 0 Å². The van der Waals surface area contributed by atoms with Gasteiger partial charge in [-0.1, -0.05) is 0 Å². The maximum absolute atomic E-state index is 12.5. The molecule has 3 heterocycles. The Morgan fingerprint density at radius 2 is 2.08 bits per heavy atom. The molecule has 9 nitrogen and oxygen atoms in total. The smallest absolute Gasteiger partial charge is 0.278 e. The quantitative estimate of drug-likeness (QED) is 0.855. The first-order valence-corrected chi connectivity index (χ1v) is 7.54. The van der Waals surface area contributed by atoms with Gasteiger partial charge in [-0.15, -0.1) is 0 Å². The molecule has 1 saturated heterocycles. The highest BCUT2D eigenvalue weighted by Crippen LogP contribution is 2.24. The Morgan fingerprint density at radius 1 is 1.29 bits per heavy atom. The second-order valence-electron chi connectivity index (χ2n) is 5.31. The van der Waals surface area contributed by atoms with E-state index in [1.165, 1.54) is 31.6 Å². The van der Waals surface area contributed by atoms with Gasteiger partial charge in [0, 0.05) is 25.0 Å². The van der Waals surface area contributed by atoms with Crippen molar-refractivity contribution in [1.29, 1.82) is 0 Å². The Kier molecular flexibility index (Phi) is 4.69. The molecule has 24 heavy (non-hydrogen) atoms. The monoisotopic (exact) mass is 331 g/mol. The van der Waals surface area contributed by atoms with E-state index in [0.29, 0.717) is 24.8 Å². The minimum atomic E-state index is -0.346. The molecule has 9 heteroatoms. The van der Waals surface area contributed by atoms with Crippen LogP contribution in [0.3, 0.4) is 0 Å². The first kappa shape index (κ1) is 15.9. The Balaban J connectivity index is 1.69. The first-order chi connectivity index (χ1) is 11.7. The summed E-state index contributed by atoms with van der Waals surface area (Å²) in [6, 6.07) is 2.69. The SMILES string of the molecule is COc1nccnc1OC1CCCN(C(=O)c2ccc(=O)[nH]n2)C1. The summed E-state index contributed by atoms with van der Waals surface area (Å²) in [5.74, 6) is 0.371. The van der Waals surface area contributed by atoms with Gasteiger partial charge in [-0.25, -0.2) is 15.1 Å². The number of methoxy groups -OCH3 is 1. The zero-order chi connectivity index (χ0) is 16.9. The van der Waals surface area contributed by atoms with Crippen LogP contribution >= 0.6 is 0 Å². The van der Waals surface area contributed by atoms with E-state index in [1.54, 1.807) is 4.90 Å². The van der Waals surface area contributed by atoms with Crippen molar-refractivity contribution < 1.29 is 14.3 Å². The molecule has 2 aromatic rings. The number of likely N-dealkylation sites (tertiary alicyclic amines) is 1. The number of aromatic amines is 1. The fraction of sp³-hybridized carbons (Fsp3) is 0.400. The summed E-state index contributed by atoms with van der Waals surface area (Å²) in [6.45, 7) is 1.01. The lowest BCUT2D eigenvalue weighted by Crippen LogP contribution is -2.44. The molecular weight excluding hydrogens is 314 g/mol. The zero-order valence-electron chi connectivity index (χ0n) is 13.1. The van der Waals surface area contributed by atoms with Gasteiger partial charge in [-0.2, -0.15) is 5.10 Å². The second kappa shape index (κ2) is 7.07. The average molecular weight is 331 g/mol. The van der Waals surface area contributed by atoms with Gasteiger partial charge in [0.05, 0.1) is 13.7 Å². The van der Waals surface area contributed by atoms with Gasteiger partial charge in [0.25, 0.3) is 23.2 Å². The van der Waals surface area contributed by atoms with E-state index in [0.717, 1.165) is 12.8 Å². The third kappa shape index (κ3) is 3.50. The summed E-state index contributed by atoms with van der Waals surface area (Å²) in [4.78, 5) is 33.3. The lowest BCUT2D eigenvalue weighted by molar-refractivity contribution is 0.0513. The van der Waals surface area contributed by atoms with Crippen molar-refractivity contribution in [3.63, 3.8) is 0 Å². The van der Waals surface area contributed by atoms with Crippen LogP contribution in [-0.4, -0.2) is 57.3 Å². The van der Waals surface area contributed by atoms with Crippen molar-refractivity contribution in [3.8, 4) is 11.8 Å². The van der Waals surface area contributed by atoms with Gasteiger partial charge in [0.15, 0.2) is 0 Å². The van der Waals surface area contributed by atoms with Crippen LogP contribution in [-0.2, 0) is 0 Å². The van der Waals surface area contributed by atoms with Gasteiger partial charge >= 0.3 is 0 Å². The number of aromatic nitrogens is 4. The normalized spacial score (nSPS) is 17.4. The summed E-state index contributed by atoms with van der Waals surface area (Å²) in [7, 11) is 1.50. The third-order valence-corrected chi connectivity index (χ3v) is 3.67. The van der Waals surface area contributed by atoms with E-state index in [-0.39, 0.29) is 23.3 Å². The predicted molar refractivity (Wildman–Crippen MR) is 83.0 cm³/mol. The largest absolute Gasteiger partial charge is 0.477 e. The Labute approximate surface area is 137 Å². The number of carbonyl (C=O) groups excluding carboxylic acids is 1. The van der Waals surface area contributed by atoms with Crippen molar-refractivity contribution in [3.05, 3.63) is 40.6 Å². The summed E-state index contributed by atoms with van der Waals surface area (Å²) in [5, 5.41) is 6.04. The molecule has 1 amide bonds. The maximum Gasteiger partial charge on any atom is 0.278 e. The van der Waals surface area contributed by atoms with E-state index in [9.17, 15) is 9.59 Å². The fourth-order valence-electron chi connectivity index (χ4n) is 2.54. The van der Waals surface area contributed by atoms with Crippen molar-refractivity contribution in [2.45, 2.75) is 18.9 Å². The van der Waals surface area contributed by atoms with E-state index >= 15 is 0 Å². The number of rotatable bonds is 4. The molecule has 2 aromatic heterocycles. The number of H-pyrrole nitrogens is 1. The topological polar surface area (TPSA) is 110 Å². The summed E-state index contributed by atoms with van der Waals surface area (Å²) < 4.78 is 11.0. The number of amides is 1. The molecule has 0 spiro atoms. The van der Waals surface area contributed by atoms with Crippen LogP contribution in [0.25, 0.3) is 0 Å².